The molecule has 1 heterocycles. The number of hydrogen-bond acceptors (Lipinski definition) is 2. The molecule has 1 aliphatic rings. The van der Waals surface area contributed by atoms with Crippen LogP contribution in [0.2, 0.25) is 0 Å². The molecule has 0 atom stereocenters. The number of benzene rings is 1. The van der Waals surface area contributed by atoms with Gasteiger partial charge in [0.15, 0.2) is 0 Å². The molecule has 5 heteroatoms. The summed E-state index contributed by atoms with van der Waals surface area (Å²) in [7, 11) is 2.06. The lowest BCUT2D eigenvalue weighted by Crippen LogP contribution is -2.21. The molecule has 1 aliphatic heterocycles. The topological polar surface area (TPSA) is 6.48 Å². The number of alkyl halides is 3. The predicted octanol–water partition coefficient (Wildman–Crippen LogP) is 3.69. The normalized spacial score (nSPS) is 13.6. The van der Waals surface area contributed by atoms with Crippen molar-refractivity contribution in [2.45, 2.75) is 6.68 Å². The lowest BCUT2D eigenvalue weighted by atomic mass is 10.2. The Labute approximate surface area is 105 Å². The number of anilines is 1. The molecule has 0 N–H and O–H groups in total. The second-order valence-electron chi connectivity index (χ2n) is 3.71. The predicted molar refractivity (Wildman–Crippen MR) is 67.9 cm³/mol. The summed E-state index contributed by atoms with van der Waals surface area (Å²) in [5.41, 5.74) is 2.38. The molecular formula is C13H15F3N2. The summed E-state index contributed by atoms with van der Waals surface area (Å²) >= 11 is 0. The van der Waals surface area contributed by atoms with E-state index in [2.05, 4.69) is 60.1 Å². The van der Waals surface area contributed by atoms with Crippen molar-refractivity contribution in [1.29, 1.82) is 0 Å². The first-order chi connectivity index (χ1) is 8.52. The van der Waals surface area contributed by atoms with Crippen molar-refractivity contribution in [3.63, 3.8) is 0 Å². The number of rotatable bonds is 2. The van der Waals surface area contributed by atoms with E-state index in [0.717, 1.165) is 12.2 Å². The largest absolute Gasteiger partial charge is 0.379 e. The van der Waals surface area contributed by atoms with Gasteiger partial charge in [0.2, 0.25) is 0 Å². The third kappa shape index (κ3) is 4.53. The highest BCUT2D eigenvalue weighted by atomic mass is 19.4. The van der Waals surface area contributed by atoms with Gasteiger partial charge in [-0.15, -0.1) is 0 Å². The maximum Gasteiger partial charge on any atom is 0.379 e. The lowest BCUT2D eigenvalue weighted by Gasteiger charge is -2.18. The van der Waals surface area contributed by atoms with Crippen LogP contribution in [0.1, 0.15) is 5.56 Å². The molecule has 1 aromatic carbocycles. The van der Waals surface area contributed by atoms with Crippen LogP contribution < -0.4 is 4.90 Å². The Balaban J connectivity index is 0.000000357. The van der Waals surface area contributed by atoms with E-state index in [0.29, 0.717) is 0 Å². The molecule has 0 bridgehead atoms. The average molecular weight is 256 g/mol. The second kappa shape index (κ2) is 6.74. The molecule has 0 amide bonds. The summed E-state index contributed by atoms with van der Waals surface area (Å²) in [6.07, 6.45) is 6.01. The van der Waals surface area contributed by atoms with Crippen LogP contribution in [0.25, 0.3) is 6.08 Å². The summed E-state index contributed by atoms with van der Waals surface area (Å²) in [5.74, 6) is 0. The minimum Gasteiger partial charge on any atom is -0.361 e. The van der Waals surface area contributed by atoms with Crippen LogP contribution in [0.5, 0.6) is 0 Å². The first kappa shape index (κ1) is 14.2. The Hall–Kier alpha value is -1.91. The van der Waals surface area contributed by atoms with Gasteiger partial charge in [0.1, 0.15) is 0 Å². The first-order valence-electron chi connectivity index (χ1n) is 5.33. The molecule has 2 rings (SSSR count). The van der Waals surface area contributed by atoms with Crippen LogP contribution in [0.3, 0.4) is 0 Å². The van der Waals surface area contributed by atoms with Crippen LogP contribution in [-0.2, 0) is 0 Å². The molecular weight excluding hydrogens is 241 g/mol. The highest BCUT2D eigenvalue weighted by molar-refractivity contribution is 5.56. The Bertz CT molecular complexity index is 398. The van der Waals surface area contributed by atoms with Crippen LogP contribution in [0.4, 0.5) is 18.9 Å². The van der Waals surface area contributed by atoms with E-state index >= 15 is 0 Å². The van der Waals surface area contributed by atoms with Gasteiger partial charge in [-0.05, 0) is 17.7 Å². The fourth-order valence-corrected chi connectivity index (χ4v) is 1.50. The third-order valence-corrected chi connectivity index (χ3v) is 2.34. The van der Waals surface area contributed by atoms with Crippen LogP contribution >= 0.6 is 0 Å². The number of nitrogens with zero attached hydrogens (tertiary/aromatic N) is 2. The SMILES string of the molecule is C=Cc1ccc(N2C=CN(C)C2)cc1.FC(F)F. The molecule has 0 saturated heterocycles. The van der Waals surface area contributed by atoms with Crippen LogP contribution in [0, 0.1) is 0 Å². The van der Waals surface area contributed by atoms with Crippen LogP contribution in [0.15, 0.2) is 43.2 Å². The summed E-state index contributed by atoms with van der Waals surface area (Å²) in [6.45, 7) is 0.992. The van der Waals surface area contributed by atoms with E-state index in [9.17, 15) is 13.2 Å². The smallest absolute Gasteiger partial charge is 0.361 e. The molecule has 0 spiro atoms. The van der Waals surface area contributed by atoms with Crippen molar-refractivity contribution in [3.05, 3.63) is 48.8 Å². The summed E-state index contributed by atoms with van der Waals surface area (Å²) in [4.78, 5) is 4.34. The summed E-state index contributed by atoms with van der Waals surface area (Å²) in [6, 6.07) is 8.38. The molecule has 0 unspecified atom stereocenters. The van der Waals surface area contributed by atoms with Gasteiger partial charge in [-0.3, -0.25) is 0 Å². The molecule has 98 valence electrons. The number of halogens is 3. The van der Waals surface area contributed by atoms with Gasteiger partial charge < -0.3 is 9.80 Å². The molecule has 2 nitrogen and oxygen atoms in total. The van der Waals surface area contributed by atoms with E-state index < -0.39 is 6.68 Å². The van der Waals surface area contributed by atoms with Gasteiger partial charge in [0.25, 0.3) is 0 Å². The Morgan fingerprint density at radius 3 is 2.11 bits per heavy atom. The van der Waals surface area contributed by atoms with E-state index in [1.165, 1.54) is 5.69 Å². The van der Waals surface area contributed by atoms with Gasteiger partial charge in [-0.1, -0.05) is 24.8 Å². The third-order valence-electron chi connectivity index (χ3n) is 2.34. The maximum absolute atomic E-state index is 9.67. The fraction of sp³-hybridized carbons (Fsp3) is 0.231. The van der Waals surface area contributed by atoms with Crippen molar-refractivity contribution in [1.82, 2.24) is 4.90 Å². The Kier molecular flexibility index (Phi) is 5.30. The van der Waals surface area contributed by atoms with E-state index in [1.54, 1.807) is 0 Å². The van der Waals surface area contributed by atoms with Crippen molar-refractivity contribution >= 4 is 11.8 Å². The van der Waals surface area contributed by atoms with Crippen molar-refractivity contribution in [2.75, 3.05) is 18.6 Å². The Morgan fingerprint density at radius 2 is 1.72 bits per heavy atom. The van der Waals surface area contributed by atoms with E-state index in [-0.39, 0.29) is 0 Å². The standard InChI is InChI=1S/C12H14N2.CHF3/c1-3-11-4-6-12(7-5-11)14-9-8-13(2)10-14;2-1(3)4/h3-9H,1,10H2,2H3;1H. The monoisotopic (exact) mass is 256 g/mol. The zero-order valence-corrected chi connectivity index (χ0v) is 10.1. The summed E-state index contributed by atoms with van der Waals surface area (Å²) in [5, 5.41) is 0. The molecule has 0 fully saturated rings. The lowest BCUT2D eigenvalue weighted by molar-refractivity contribution is 0.00819. The molecule has 0 radical (unpaired) electrons. The molecule has 18 heavy (non-hydrogen) atoms. The second-order valence-corrected chi connectivity index (χ2v) is 3.71. The highest BCUT2D eigenvalue weighted by Gasteiger charge is 2.09. The first-order valence-corrected chi connectivity index (χ1v) is 5.33. The zero-order valence-electron chi connectivity index (χ0n) is 10.1. The minimum absolute atomic E-state index is 0.924. The highest BCUT2D eigenvalue weighted by Crippen LogP contribution is 2.19. The van der Waals surface area contributed by atoms with Crippen molar-refractivity contribution in [3.8, 4) is 0 Å². The molecule has 0 saturated carbocycles. The molecule has 1 aromatic rings. The number of hydrogen-bond donors (Lipinski definition) is 0. The maximum atomic E-state index is 9.67. The van der Waals surface area contributed by atoms with E-state index in [1.807, 2.05) is 6.08 Å². The van der Waals surface area contributed by atoms with Gasteiger partial charge in [-0.2, -0.15) is 13.2 Å². The fourth-order valence-electron chi connectivity index (χ4n) is 1.50. The van der Waals surface area contributed by atoms with Crippen molar-refractivity contribution in [2.24, 2.45) is 0 Å². The van der Waals surface area contributed by atoms with Gasteiger partial charge in [0.05, 0.1) is 6.67 Å². The van der Waals surface area contributed by atoms with E-state index in [4.69, 9.17) is 0 Å². The molecule has 0 aliphatic carbocycles. The minimum atomic E-state index is -3.67. The quantitative estimate of drug-likeness (QED) is 0.796. The van der Waals surface area contributed by atoms with Gasteiger partial charge in [-0.25, -0.2) is 0 Å². The average Bonchev–Trinajstić information content (AvgIpc) is 2.75. The summed E-state index contributed by atoms with van der Waals surface area (Å²) < 4.78 is 29.0. The van der Waals surface area contributed by atoms with Gasteiger partial charge >= 0.3 is 6.68 Å². The zero-order chi connectivity index (χ0) is 13.5. The van der Waals surface area contributed by atoms with Crippen molar-refractivity contribution < 1.29 is 13.2 Å². The molecule has 0 aromatic heterocycles. The Morgan fingerprint density at radius 1 is 1.17 bits per heavy atom. The van der Waals surface area contributed by atoms with Crippen LogP contribution in [-0.4, -0.2) is 25.3 Å². The van der Waals surface area contributed by atoms with Gasteiger partial charge in [0, 0.05) is 25.1 Å².